The van der Waals surface area contributed by atoms with Crippen molar-refractivity contribution in [3.05, 3.63) is 36.4 Å². The number of hydrogen-bond donors (Lipinski definition) is 2. The predicted octanol–water partition coefficient (Wildman–Crippen LogP) is 4.62. The predicted molar refractivity (Wildman–Crippen MR) is 107 cm³/mol. The molecule has 4 nitrogen and oxygen atoms in total. The lowest BCUT2D eigenvalue weighted by atomic mass is 10.1. The maximum atomic E-state index is 12.5. The molecular formula is C20H30N2O2S. The summed E-state index contributed by atoms with van der Waals surface area (Å²) in [6, 6.07) is 11.4. The SMILES string of the molecule is CC(C)CCNc1ccc2ccc(S(=O)(=O)NCCC(C)C)cc2c1. The van der Waals surface area contributed by atoms with Crippen LogP contribution in [0.1, 0.15) is 40.5 Å². The number of hydrogen-bond acceptors (Lipinski definition) is 3. The van der Waals surface area contributed by atoms with Crippen LogP contribution in [0.15, 0.2) is 41.3 Å². The van der Waals surface area contributed by atoms with Crippen molar-refractivity contribution in [1.29, 1.82) is 0 Å². The molecule has 0 saturated carbocycles. The van der Waals surface area contributed by atoms with E-state index in [-0.39, 0.29) is 0 Å². The van der Waals surface area contributed by atoms with Crippen molar-refractivity contribution in [2.24, 2.45) is 11.8 Å². The average molecular weight is 363 g/mol. The maximum absolute atomic E-state index is 12.5. The molecule has 2 rings (SSSR count). The van der Waals surface area contributed by atoms with E-state index in [0.717, 1.165) is 35.8 Å². The van der Waals surface area contributed by atoms with Crippen molar-refractivity contribution < 1.29 is 8.42 Å². The zero-order chi connectivity index (χ0) is 18.4. The Morgan fingerprint density at radius 1 is 0.840 bits per heavy atom. The molecule has 0 bridgehead atoms. The summed E-state index contributed by atoms with van der Waals surface area (Å²) in [4.78, 5) is 0.322. The number of benzene rings is 2. The highest BCUT2D eigenvalue weighted by atomic mass is 32.2. The third-order valence-electron chi connectivity index (χ3n) is 4.19. The van der Waals surface area contributed by atoms with Gasteiger partial charge in [0.2, 0.25) is 10.0 Å². The van der Waals surface area contributed by atoms with Crippen LogP contribution in [0.5, 0.6) is 0 Å². The normalized spacial score (nSPS) is 12.2. The highest BCUT2D eigenvalue weighted by Crippen LogP contribution is 2.23. The van der Waals surface area contributed by atoms with Crippen molar-refractivity contribution in [2.45, 2.75) is 45.4 Å². The molecule has 25 heavy (non-hydrogen) atoms. The summed E-state index contributed by atoms with van der Waals surface area (Å²) in [5.74, 6) is 1.13. The molecule has 0 aliphatic carbocycles. The fourth-order valence-electron chi connectivity index (χ4n) is 2.57. The van der Waals surface area contributed by atoms with Crippen molar-refractivity contribution in [3.63, 3.8) is 0 Å². The summed E-state index contributed by atoms with van der Waals surface area (Å²) < 4.78 is 27.6. The quantitative estimate of drug-likeness (QED) is 0.684. The lowest BCUT2D eigenvalue weighted by molar-refractivity contribution is 0.551. The molecule has 0 fully saturated rings. The Morgan fingerprint density at radius 2 is 1.48 bits per heavy atom. The van der Waals surface area contributed by atoms with E-state index in [1.807, 2.05) is 24.3 Å². The first-order valence-corrected chi connectivity index (χ1v) is 10.5. The molecule has 0 aromatic heterocycles. The maximum Gasteiger partial charge on any atom is 0.240 e. The molecule has 0 unspecified atom stereocenters. The van der Waals surface area contributed by atoms with Gasteiger partial charge in [-0.1, -0.05) is 39.8 Å². The average Bonchev–Trinajstić information content (AvgIpc) is 2.53. The molecule has 0 radical (unpaired) electrons. The fourth-order valence-corrected chi connectivity index (χ4v) is 3.65. The second kappa shape index (κ2) is 8.68. The van der Waals surface area contributed by atoms with Crippen LogP contribution in [0.25, 0.3) is 10.8 Å². The van der Waals surface area contributed by atoms with Gasteiger partial charge in [0.1, 0.15) is 0 Å². The smallest absolute Gasteiger partial charge is 0.240 e. The topological polar surface area (TPSA) is 58.2 Å². The molecule has 0 amide bonds. The second-order valence-electron chi connectivity index (χ2n) is 7.41. The van der Waals surface area contributed by atoms with Gasteiger partial charge in [-0.3, -0.25) is 0 Å². The summed E-state index contributed by atoms with van der Waals surface area (Å²) in [7, 11) is -3.46. The largest absolute Gasteiger partial charge is 0.385 e. The van der Waals surface area contributed by atoms with E-state index in [9.17, 15) is 8.42 Å². The van der Waals surface area contributed by atoms with Gasteiger partial charge in [0.15, 0.2) is 0 Å². The Bertz CT molecular complexity index is 798. The van der Waals surface area contributed by atoms with Crippen LogP contribution in [-0.4, -0.2) is 21.5 Å². The van der Waals surface area contributed by atoms with Crippen LogP contribution >= 0.6 is 0 Å². The van der Waals surface area contributed by atoms with Gasteiger partial charge in [0.05, 0.1) is 4.90 Å². The van der Waals surface area contributed by atoms with Gasteiger partial charge in [-0.2, -0.15) is 0 Å². The molecule has 5 heteroatoms. The summed E-state index contributed by atoms with van der Waals surface area (Å²) in [5.41, 5.74) is 1.02. The van der Waals surface area contributed by atoms with Crippen LogP contribution in [0.4, 0.5) is 5.69 Å². The van der Waals surface area contributed by atoms with Crippen LogP contribution in [0.3, 0.4) is 0 Å². The summed E-state index contributed by atoms with van der Waals surface area (Å²) in [5, 5.41) is 5.38. The Kier molecular flexibility index (Phi) is 6.85. The number of nitrogens with one attached hydrogen (secondary N) is 2. The van der Waals surface area contributed by atoms with Gasteiger partial charge in [-0.15, -0.1) is 0 Å². The van der Waals surface area contributed by atoms with Gasteiger partial charge in [-0.25, -0.2) is 13.1 Å². The third kappa shape index (κ3) is 6.01. The van der Waals surface area contributed by atoms with Gasteiger partial charge < -0.3 is 5.32 Å². The third-order valence-corrected chi connectivity index (χ3v) is 5.65. The molecule has 2 aromatic carbocycles. The molecule has 138 valence electrons. The minimum Gasteiger partial charge on any atom is -0.385 e. The van der Waals surface area contributed by atoms with Crippen molar-refractivity contribution in [3.8, 4) is 0 Å². The van der Waals surface area contributed by atoms with E-state index in [2.05, 4.69) is 37.7 Å². The molecule has 2 N–H and O–H groups in total. The number of rotatable bonds is 9. The van der Waals surface area contributed by atoms with E-state index in [4.69, 9.17) is 0 Å². The van der Waals surface area contributed by atoms with E-state index in [1.165, 1.54) is 0 Å². The fraction of sp³-hybridized carbons (Fsp3) is 0.500. The minimum atomic E-state index is -3.46. The lowest BCUT2D eigenvalue weighted by Gasteiger charge is -2.11. The Balaban J connectivity index is 2.16. The molecule has 2 aromatic rings. The molecular weight excluding hydrogens is 332 g/mol. The Hall–Kier alpha value is -1.59. The van der Waals surface area contributed by atoms with E-state index in [0.29, 0.717) is 23.3 Å². The van der Waals surface area contributed by atoms with Crippen molar-refractivity contribution in [1.82, 2.24) is 4.72 Å². The molecule has 0 spiro atoms. The van der Waals surface area contributed by atoms with Crippen molar-refractivity contribution >= 4 is 26.5 Å². The standard InChI is InChI=1S/C20H30N2O2S/c1-15(2)9-11-21-19-7-5-17-6-8-20(14-18(17)13-19)25(23,24)22-12-10-16(3)4/h5-8,13-16,21-22H,9-12H2,1-4H3. The van der Waals surface area contributed by atoms with Gasteiger partial charge in [0.25, 0.3) is 0 Å². The highest BCUT2D eigenvalue weighted by molar-refractivity contribution is 7.89. The summed E-state index contributed by atoms with van der Waals surface area (Å²) >= 11 is 0. The van der Waals surface area contributed by atoms with E-state index in [1.54, 1.807) is 12.1 Å². The van der Waals surface area contributed by atoms with Crippen molar-refractivity contribution in [2.75, 3.05) is 18.4 Å². The van der Waals surface area contributed by atoms with Crippen LogP contribution in [-0.2, 0) is 10.0 Å². The van der Waals surface area contributed by atoms with E-state index >= 15 is 0 Å². The zero-order valence-electron chi connectivity index (χ0n) is 15.7. The number of fused-ring (bicyclic) bond motifs is 1. The first kappa shape index (κ1) is 19.7. The van der Waals surface area contributed by atoms with Crippen LogP contribution in [0.2, 0.25) is 0 Å². The molecule has 0 heterocycles. The van der Waals surface area contributed by atoms with E-state index < -0.39 is 10.0 Å². The van der Waals surface area contributed by atoms with Crippen LogP contribution < -0.4 is 10.0 Å². The van der Waals surface area contributed by atoms with Crippen LogP contribution in [0, 0.1) is 11.8 Å². The second-order valence-corrected chi connectivity index (χ2v) is 9.18. The first-order valence-electron chi connectivity index (χ1n) is 9.05. The first-order chi connectivity index (χ1) is 11.8. The van der Waals surface area contributed by atoms with Gasteiger partial charge >= 0.3 is 0 Å². The Labute approximate surface area is 152 Å². The minimum absolute atomic E-state index is 0.322. The summed E-state index contributed by atoms with van der Waals surface area (Å²) in [6.07, 6.45) is 1.93. The highest BCUT2D eigenvalue weighted by Gasteiger charge is 2.14. The monoisotopic (exact) mass is 362 g/mol. The summed E-state index contributed by atoms with van der Waals surface area (Å²) in [6.45, 7) is 9.94. The van der Waals surface area contributed by atoms with Gasteiger partial charge in [-0.05, 0) is 59.7 Å². The zero-order valence-corrected chi connectivity index (χ0v) is 16.5. The molecule has 0 atom stereocenters. The molecule has 0 aliphatic rings. The number of anilines is 1. The lowest BCUT2D eigenvalue weighted by Crippen LogP contribution is -2.25. The number of sulfonamides is 1. The Morgan fingerprint density at radius 3 is 2.16 bits per heavy atom. The molecule has 0 aliphatic heterocycles. The molecule has 0 saturated heterocycles. The van der Waals surface area contributed by atoms with Gasteiger partial charge in [0, 0.05) is 18.8 Å².